The zero-order valence-corrected chi connectivity index (χ0v) is 17.8. The summed E-state index contributed by atoms with van der Waals surface area (Å²) in [6, 6.07) is 4.10. The lowest BCUT2D eigenvalue weighted by atomic mass is 9.89. The van der Waals surface area contributed by atoms with Crippen LogP contribution in [0.15, 0.2) is 18.2 Å². The summed E-state index contributed by atoms with van der Waals surface area (Å²) in [5.74, 6) is -2.59. The summed E-state index contributed by atoms with van der Waals surface area (Å²) in [6.45, 7) is 8.43. The highest BCUT2D eigenvalue weighted by molar-refractivity contribution is 6.30. The van der Waals surface area contributed by atoms with E-state index in [0.717, 1.165) is 0 Å². The fraction of sp³-hybridized carbons (Fsp3) is 0.381. The third kappa shape index (κ3) is 4.92. The number of methoxy groups -OCH3 is 1. The third-order valence-electron chi connectivity index (χ3n) is 4.23. The van der Waals surface area contributed by atoms with Gasteiger partial charge < -0.3 is 14.6 Å². The van der Waals surface area contributed by atoms with Crippen molar-refractivity contribution in [2.24, 2.45) is 0 Å². The summed E-state index contributed by atoms with van der Waals surface area (Å²) in [5, 5.41) is 9.47. The maximum absolute atomic E-state index is 14.2. The standard InChI is InChI=1S/C21H23ClFNO5/c1-10-15(12-7-8-13(22)14(23)9-12)16(11(2)24-17(10)19(25)26)18(20(27)28-6)29-21(3,4)5/h7-9,18H,1-6H3,(H,25,26)/t18-/m0/s1. The third-order valence-corrected chi connectivity index (χ3v) is 4.54. The van der Waals surface area contributed by atoms with Crippen LogP contribution in [0.5, 0.6) is 0 Å². The smallest absolute Gasteiger partial charge is 0.354 e. The van der Waals surface area contributed by atoms with Crippen LogP contribution in [0.4, 0.5) is 4.39 Å². The van der Waals surface area contributed by atoms with Gasteiger partial charge in [0.1, 0.15) is 5.82 Å². The van der Waals surface area contributed by atoms with Gasteiger partial charge in [-0.15, -0.1) is 0 Å². The summed E-state index contributed by atoms with van der Waals surface area (Å²) in [4.78, 5) is 28.4. The Hall–Kier alpha value is -2.51. The van der Waals surface area contributed by atoms with Gasteiger partial charge in [0.15, 0.2) is 11.8 Å². The lowest BCUT2D eigenvalue weighted by molar-refractivity contribution is -0.164. The first-order valence-corrected chi connectivity index (χ1v) is 9.20. The molecule has 1 N–H and O–H groups in total. The van der Waals surface area contributed by atoms with Crippen molar-refractivity contribution in [2.45, 2.75) is 46.3 Å². The Kier molecular flexibility index (Phi) is 6.65. The number of hydrogen-bond acceptors (Lipinski definition) is 5. The molecular weight excluding hydrogens is 401 g/mol. The molecule has 0 aliphatic rings. The maximum Gasteiger partial charge on any atom is 0.354 e. The van der Waals surface area contributed by atoms with Crippen LogP contribution in [-0.2, 0) is 14.3 Å². The molecule has 0 radical (unpaired) electrons. The maximum atomic E-state index is 14.2. The molecule has 0 bridgehead atoms. The van der Waals surface area contributed by atoms with Gasteiger partial charge in [-0.25, -0.2) is 19.0 Å². The van der Waals surface area contributed by atoms with Crippen molar-refractivity contribution in [1.82, 2.24) is 4.98 Å². The van der Waals surface area contributed by atoms with Gasteiger partial charge in [0.05, 0.1) is 17.7 Å². The van der Waals surface area contributed by atoms with Crippen molar-refractivity contribution >= 4 is 23.5 Å². The fourth-order valence-electron chi connectivity index (χ4n) is 3.05. The molecule has 2 rings (SSSR count). The Morgan fingerprint density at radius 1 is 1.24 bits per heavy atom. The average Bonchev–Trinajstić information content (AvgIpc) is 2.62. The molecule has 0 aliphatic heterocycles. The number of aromatic carboxylic acids is 1. The highest BCUT2D eigenvalue weighted by Gasteiger charge is 2.34. The van der Waals surface area contributed by atoms with Gasteiger partial charge in [-0.05, 0) is 63.4 Å². The summed E-state index contributed by atoms with van der Waals surface area (Å²) >= 11 is 5.80. The van der Waals surface area contributed by atoms with Gasteiger partial charge in [-0.3, -0.25) is 0 Å². The minimum atomic E-state index is -1.24. The van der Waals surface area contributed by atoms with Crippen LogP contribution in [0, 0.1) is 19.7 Å². The second kappa shape index (κ2) is 8.47. The number of ether oxygens (including phenoxy) is 2. The minimum absolute atomic E-state index is 0.0763. The Morgan fingerprint density at radius 2 is 1.86 bits per heavy atom. The molecule has 0 aliphatic carbocycles. The van der Waals surface area contributed by atoms with E-state index in [4.69, 9.17) is 21.1 Å². The van der Waals surface area contributed by atoms with Gasteiger partial charge in [0.2, 0.25) is 0 Å². The van der Waals surface area contributed by atoms with Gasteiger partial charge >= 0.3 is 11.9 Å². The summed E-state index contributed by atoms with van der Waals surface area (Å²) in [5.41, 5.74) is 0.604. The molecule has 8 heteroatoms. The predicted octanol–water partition coefficient (Wildman–Crippen LogP) is 4.89. The van der Waals surface area contributed by atoms with Crippen molar-refractivity contribution in [3.63, 3.8) is 0 Å². The molecule has 0 saturated heterocycles. The van der Waals surface area contributed by atoms with Crippen LogP contribution in [0.25, 0.3) is 11.1 Å². The van der Waals surface area contributed by atoms with Gasteiger partial charge in [0, 0.05) is 11.3 Å². The Bertz CT molecular complexity index is 969. The Balaban J connectivity index is 2.92. The normalized spacial score (nSPS) is 12.6. The quantitative estimate of drug-likeness (QED) is 0.689. The van der Waals surface area contributed by atoms with Crippen LogP contribution in [0.1, 0.15) is 54.2 Å². The first-order valence-electron chi connectivity index (χ1n) is 8.82. The second-order valence-electron chi connectivity index (χ2n) is 7.53. The average molecular weight is 424 g/mol. The number of aryl methyl sites for hydroxylation is 1. The van der Waals surface area contributed by atoms with Crippen LogP contribution >= 0.6 is 11.6 Å². The van der Waals surface area contributed by atoms with Gasteiger partial charge in [-0.1, -0.05) is 17.7 Å². The number of halogens is 2. The highest BCUT2D eigenvalue weighted by atomic mass is 35.5. The lowest BCUT2D eigenvalue weighted by Gasteiger charge is -2.29. The first-order chi connectivity index (χ1) is 13.4. The molecule has 29 heavy (non-hydrogen) atoms. The minimum Gasteiger partial charge on any atom is -0.477 e. The predicted molar refractivity (Wildman–Crippen MR) is 107 cm³/mol. The number of benzene rings is 1. The van der Waals surface area contributed by atoms with Crippen molar-refractivity contribution in [3.8, 4) is 11.1 Å². The van der Waals surface area contributed by atoms with Crippen molar-refractivity contribution in [3.05, 3.63) is 51.6 Å². The number of carboxylic acids is 1. The summed E-state index contributed by atoms with van der Waals surface area (Å²) in [7, 11) is 1.23. The summed E-state index contributed by atoms with van der Waals surface area (Å²) < 4.78 is 25.1. The van der Waals surface area contributed by atoms with Crippen molar-refractivity contribution in [1.29, 1.82) is 0 Å². The number of carboxylic acid groups (broad SMARTS) is 1. The molecule has 1 heterocycles. The topological polar surface area (TPSA) is 85.7 Å². The number of esters is 1. The van der Waals surface area contributed by atoms with E-state index in [9.17, 15) is 19.1 Å². The molecule has 0 saturated carbocycles. The molecule has 0 unspecified atom stereocenters. The zero-order chi connectivity index (χ0) is 22.1. The van der Waals surface area contributed by atoms with Gasteiger partial charge in [-0.2, -0.15) is 0 Å². The first kappa shape index (κ1) is 22.8. The van der Waals surface area contributed by atoms with Crippen LogP contribution < -0.4 is 0 Å². The molecule has 1 aromatic heterocycles. The number of carbonyl (C=O) groups is 2. The van der Waals surface area contributed by atoms with Crippen molar-refractivity contribution in [2.75, 3.05) is 7.11 Å². The van der Waals surface area contributed by atoms with E-state index in [1.807, 2.05) is 0 Å². The zero-order valence-electron chi connectivity index (χ0n) is 17.1. The monoisotopic (exact) mass is 423 g/mol. The van der Waals surface area contributed by atoms with E-state index in [1.165, 1.54) is 19.2 Å². The molecule has 1 atom stereocenters. The highest BCUT2D eigenvalue weighted by Crippen LogP contribution is 2.39. The molecular formula is C21H23ClFNO5. The largest absolute Gasteiger partial charge is 0.477 e. The molecule has 0 spiro atoms. The van der Waals surface area contributed by atoms with Crippen LogP contribution in [0.2, 0.25) is 5.02 Å². The molecule has 1 aromatic carbocycles. The molecule has 6 nitrogen and oxygen atoms in total. The van der Waals surface area contributed by atoms with E-state index in [2.05, 4.69) is 4.98 Å². The number of hydrogen-bond donors (Lipinski definition) is 1. The van der Waals surface area contributed by atoms with E-state index in [-0.39, 0.29) is 22.0 Å². The van der Waals surface area contributed by atoms with E-state index in [1.54, 1.807) is 40.7 Å². The Labute approximate surface area is 173 Å². The van der Waals surface area contributed by atoms with Crippen LogP contribution in [-0.4, -0.2) is 34.7 Å². The van der Waals surface area contributed by atoms with E-state index >= 15 is 0 Å². The second-order valence-corrected chi connectivity index (χ2v) is 7.93. The number of nitrogens with zero attached hydrogens (tertiary/aromatic N) is 1. The summed E-state index contributed by atoms with van der Waals surface area (Å²) in [6.07, 6.45) is -1.19. The fourth-order valence-corrected chi connectivity index (χ4v) is 3.17. The van der Waals surface area contributed by atoms with E-state index < -0.39 is 29.5 Å². The lowest BCUT2D eigenvalue weighted by Crippen LogP contribution is -2.30. The molecule has 0 fully saturated rings. The molecule has 156 valence electrons. The SMILES string of the molecule is COC(=O)[C@@H](OC(C)(C)C)c1c(C)nc(C(=O)O)c(C)c1-c1ccc(Cl)c(F)c1. The number of rotatable bonds is 5. The molecule has 2 aromatic rings. The molecule has 0 amide bonds. The number of aromatic nitrogens is 1. The number of pyridine rings is 1. The Morgan fingerprint density at radius 3 is 2.34 bits per heavy atom. The van der Waals surface area contributed by atoms with E-state index in [0.29, 0.717) is 16.7 Å². The number of carbonyl (C=O) groups excluding carboxylic acids is 1. The van der Waals surface area contributed by atoms with Crippen LogP contribution in [0.3, 0.4) is 0 Å². The van der Waals surface area contributed by atoms with Gasteiger partial charge in [0.25, 0.3) is 0 Å². The van der Waals surface area contributed by atoms with Crippen molar-refractivity contribution < 1.29 is 28.6 Å².